The molecular formula is C23H31N3O7S2. The maximum absolute atomic E-state index is 12.1. The minimum atomic E-state index is -4.21. The van der Waals surface area contributed by atoms with Crippen molar-refractivity contribution < 1.29 is 31.5 Å². The maximum atomic E-state index is 12.1. The number of rotatable bonds is 10. The molecule has 192 valence electrons. The molecule has 12 heteroatoms. The van der Waals surface area contributed by atoms with Crippen LogP contribution in [0.15, 0.2) is 53.4 Å². The van der Waals surface area contributed by atoms with Crippen LogP contribution in [0.5, 0.6) is 5.75 Å². The summed E-state index contributed by atoms with van der Waals surface area (Å²) in [7, 11) is -5.88. The van der Waals surface area contributed by atoms with Gasteiger partial charge in [-0.1, -0.05) is 24.3 Å². The van der Waals surface area contributed by atoms with Crippen molar-refractivity contribution in [3.05, 3.63) is 59.7 Å². The molecule has 2 aromatic rings. The quantitative estimate of drug-likeness (QED) is 0.368. The molecular weight excluding hydrogens is 494 g/mol. The van der Waals surface area contributed by atoms with E-state index in [9.17, 15) is 21.6 Å². The number of amides is 1. The molecule has 0 saturated heterocycles. The Morgan fingerprint density at radius 1 is 1.09 bits per heavy atom. The smallest absolute Gasteiger partial charge is 0.419 e. The largest absolute Gasteiger partial charge is 0.497 e. The van der Waals surface area contributed by atoms with Gasteiger partial charge in [0, 0.05) is 30.8 Å². The van der Waals surface area contributed by atoms with Crippen LogP contribution >= 0.6 is 0 Å². The first-order valence-electron chi connectivity index (χ1n) is 11.1. The Bertz CT molecular complexity index is 1240. The highest BCUT2D eigenvalue weighted by Crippen LogP contribution is 2.40. The first kappa shape index (κ1) is 26.9. The van der Waals surface area contributed by atoms with Crippen molar-refractivity contribution in [1.29, 1.82) is 0 Å². The van der Waals surface area contributed by atoms with E-state index in [2.05, 4.69) is 10.0 Å². The number of sulfone groups is 1. The molecule has 0 bridgehead atoms. The highest BCUT2D eigenvalue weighted by molar-refractivity contribution is 7.90. The minimum Gasteiger partial charge on any atom is -0.497 e. The van der Waals surface area contributed by atoms with Crippen molar-refractivity contribution in [3.63, 3.8) is 0 Å². The van der Waals surface area contributed by atoms with Crippen molar-refractivity contribution in [2.45, 2.75) is 48.6 Å². The molecule has 2 aromatic carbocycles. The van der Waals surface area contributed by atoms with Gasteiger partial charge in [0.15, 0.2) is 9.84 Å². The van der Waals surface area contributed by atoms with E-state index >= 15 is 0 Å². The molecule has 4 N–H and O–H groups in total. The highest BCUT2D eigenvalue weighted by atomic mass is 32.2. The number of ether oxygens (including phenoxy) is 1. The third-order valence-electron chi connectivity index (χ3n) is 6.39. The SMILES string of the molecule is COc1cccc(C2(CNS(=O)(=O)NC(=O)O)CCC(NCc3ccc(S(C)(=O)=O)cc3)CC2)c1. The van der Waals surface area contributed by atoms with Gasteiger partial charge in [-0.05, 0) is 61.1 Å². The summed E-state index contributed by atoms with van der Waals surface area (Å²) in [5.74, 6) is 0.659. The van der Waals surface area contributed by atoms with Gasteiger partial charge < -0.3 is 15.2 Å². The van der Waals surface area contributed by atoms with E-state index in [1.165, 1.54) is 11.0 Å². The zero-order valence-corrected chi connectivity index (χ0v) is 21.3. The van der Waals surface area contributed by atoms with E-state index < -0.39 is 31.6 Å². The summed E-state index contributed by atoms with van der Waals surface area (Å²) in [5.41, 5.74) is 1.36. The van der Waals surface area contributed by atoms with Gasteiger partial charge in [0.05, 0.1) is 12.0 Å². The number of benzene rings is 2. The van der Waals surface area contributed by atoms with Crippen LogP contribution in [-0.2, 0) is 32.0 Å². The maximum Gasteiger partial charge on any atom is 0.419 e. The molecule has 10 nitrogen and oxygen atoms in total. The fourth-order valence-electron chi connectivity index (χ4n) is 4.40. The van der Waals surface area contributed by atoms with E-state index in [0.29, 0.717) is 25.1 Å². The Kier molecular flexibility index (Phi) is 8.42. The highest BCUT2D eigenvalue weighted by Gasteiger charge is 2.38. The summed E-state index contributed by atoms with van der Waals surface area (Å²) in [6.07, 6.45) is 2.40. The van der Waals surface area contributed by atoms with Gasteiger partial charge in [-0.15, -0.1) is 0 Å². The van der Waals surface area contributed by atoms with E-state index in [0.717, 1.165) is 24.0 Å². The van der Waals surface area contributed by atoms with Crippen molar-refractivity contribution in [2.75, 3.05) is 19.9 Å². The zero-order valence-electron chi connectivity index (χ0n) is 19.7. The second-order valence-corrected chi connectivity index (χ2v) is 12.3. The number of carboxylic acid groups (broad SMARTS) is 1. The molecule has 0 aliphatic heterocycles. The Morgan fingerprint density at radius 3 is 2.31 bits per heavy atom. The fourth-order valence-corrected chi connectivity index (χ4v) is 5.79. The molecule has 0 unspecified atom stereocenters. The topological polar surface area (TPSA) is 151 Å². The number of nitrogens with one attached hydrogen (secondary N) is 3. The molecule has 0 aromatic heterocycles. The lowest BCUT2D eigenvalue weighted by atomic mass is 9.68. The molecule has 0 heterocycles. The molecule has 1 aliphatic rings. The first-order valence-corrected chi connectivity index (χ1v) is 14.5. The van der Waals surface area contributed by atoms with Gasteiger partial charge in [-0.25, -0.2) is 17.9 Å². The van der Waals surface area contributed by atoms with E-state index in [1.54, 1.807) is 31.4 Å². The van der Waals surface area contributed by atoms with Crippen LogP contribution in [0.25, 0.3) is 0 Å². The molecule has 1 aliphatic carbocycles. The summed E-state index contributed by atoms with van der Waals surface area (Å²) in [4.78, 5) is 11.1. The van der Waals surface area contributed by atoms with Gasteiger partial charge in [0.2, 0.25) is 0 Å². The normalized spacial score (nSPS) is 20.8. The third-order valence-corrected chi connectivity index (χ3v) is 8.49. The van der Waals surface area contributed by atoms with Gasteiger partial charge in [0.1, 0.15) is 5.75 Å². The molecule has 0 spiro atoms. The predicted octanol–water partition coefficient (Wildman–Crippen LogP) is 2.17. The summed E-state index contributed by atoms with van der Waals surface area (Å²) in [6, 6.07) is 14.4. The first-order chi connectivity index (χ1) is 16.4. The molecule has 3 rings (SSSR count). The van der Waals surface area contributed by atoms with E-state index in [4.69, 9.17) is 9.84 Å². The van der Waals surface area contributed by atoms with E-state index in [-0.39, 0.29) is 17.5 Å². The Labute approximate surface area is 206 Å². The molecule has 1 fully saturated rings. The summed E-state index contributed by atoms with van der Waals surface area (Å²) >= 11 is 0. The summed E-state index contributed by atoms with van der Waals surface area (Å²) in [6.45, 7) is 0.623. The lowest BCUT2D eigenvalue weighted by molar-refractivity contribution is 0.200. The van der Waals surface area contributed by atoms with Crippen LogP contribution in [0.3, 0.4) is 0 Å². The van der Waals surface area contributed by atoms with Crippen LogP contribution in [0.2, 0.25) is 0 Å². The van der Waals surface area contributed by atoms with Crippen LogP contribution in [0, 0.1) is 0 Å². The minimum absolute atomic E-state index is 0.0441. The van der Waals surface area contributed by atoms with Crippen LogP contribution < -0.4 is 19.5 Å². The molecule has 1 saturated carbocycles. The molecule has 0 atom stereocenters. The number of methoxy groups -OCH3 is 1. The van der Waals surface area contributed by atoms with Gasteiger partial charge in [-0.2, -0.15) is 13.1 Å². The van der Waals surface area contributed by atoms with Gasteiger partial charge in [-0.3, -0.25) is 0 Å². The lowest BCUT2D eigenvalue weighted by Crippen LogP contribution is -2.49. The Hall–Kier alpha value is -2.67. The number of hydrogen-bond acceptors (Lipinski definition) is 7. The van der Waals surface area contributed by atoms with Crippen LogP contribution in [0.4, 0.5) is 4.79 Å². The number of hydrogen-bond donors (Lipinski definition) is 4. The fraction of sp³-hybridized carbons (Fsp3) is 0.435. The standard InChI is InChI=1S/C23H31N3O7S2/c1-33-20-5-3-4-18(14-20)23(16-25-35(31,32)26-22(27)28)12-10-19(11-13-23)24-15-17-6-8-21(9-7-17)34(2,29)30/h3-9,14,19,24-26H,10-13,15-16H2,1-2H3,(H,27,28). The van der Waals surface area contributed by atoms with E-state index in [1.807, 2.05) is 24.3 Å². The van der Waals surface area contributed by atoms with Crippen molar-refractivity contribution >= 4 is 26.1 Å². The predicted molar refractivity (Wildman–Crippen MR) is 131 cm³/mol. The van der Waals surface area contributed by atoms with Crippen molar-refractivity contribution in [1.82, 2.24) is 14.8 Å². The number of carbonyl (C=O) groups is 1. The van der Waals surface area contributed by atoms with Gasteiger partial charge >= 0.3 is 16.3 Å². The van der Waals surface area contributed by atoms with Crippen molar-refractivity contribution in [3.8, 4) is 5.75 Å². The Balaban J connectivity index is 1.69. The molecule has 1 amide bonds. The van der Waals surface area contributed by atoms with Crippen molar-refractivity contribution in [2.24, 2.45) is 0 Å². The average Bonchev–Trinajstić information content (AvgIpc) is 2.81. The van der Waals surface area contributed by atoms with Crippen LogP contribution in [-0.4, -0.2) is 54.0 Å². The second kappa shape index (κ2) is 10.9. The average molecular weight is 526 g/mol. The lowest BCUT2D eigenvalue weighted by Gasteiger charge is -2.41. The third kappa shape index (κ3) is 7.40. The molecule has 0 radical (unpaired) electrons. The van der Waals surface area contributed by atoms with Crippen LogP contribution in [0.1, 0.15) is 36.8 Å². The second-order valence-electron chi connectivity index (χ2n) is 8.82. The zero-order chi connectivity index (χ0) is 25.7. The molecule has 35 heavy (non-hydrogen) atoms. The monoisotopic (exact) mass is 525 g/mol. The summed E-state index contributed by atoms with van der Waals surface area (Å²) < 4.78 is 56.8. The summed E-state index contributed by atoms with van der Waals surface area (Å²) in [5, 5.41) is 12.3. The van der Waals surface area contributed by atoms with Gasteiger partial charge in [0.25, 0.3) is 0 Å². The Morgan fingerprint density at radius 2 is 1.74 bits per heavy atom.